The van der Waals surface area contributed by atoms with Gasteiger partial charge in [0.05, 0.1) is 6.17 Å². The van der Waals surface area contributed by atoms with Crippen LogP contribution in [0.4, 0.5) is 0 Å². The fourth-order valence-corrected chi connectivity index (χ4v) is 2.49. The molecule has 24 heavy (non-hydrogen) atoms. The summed E-state index contributed by atoms with van der Waals surface area (Å²) in [7, 11) is 0. The quantitative estimate of drug-likeness (QED) is 0.524. The van der Waals surface area contributed by atoms with Gasteiger partial charge in [0.2, 0.25) is 5.91 Å². The normalized spacial score (nSPS) is 14.2. The van der Waals surface area contributed by atoms with Crippen LogP contribution in [0, 0.1) is 5.92 Å². The van der Waals surface area contributed by atoms with E-state index in [9.17, 15) is 9.90 Å². The van der Waals surface area contributed by atoms with Crippen LogP contribution in [0.3, 0.4) is 0 Å². The molecule has 1 amide bonds. The molecule has 2 atom stereocenters. The molecule has 0 saturated carbocycles. The first-order valence-electron chi connectivity index (χ1n) is 8.78. The maximum absolute atomic E-state index is 12.0. The molecule has 4 N–H and O–H groups in total. The van der Waals surface area contributed by atoms with Gasteiger partial charge in [-0.25, -0.2) is 0 Å². The molecule has 1 unspecified atom stereocenters. The minimum Gasteiger partial charge on any atom is -0.508 e. The van der Waals surface area contributed by atoms with Crippen molar-refractivity contribution in [2.75, 3.05) is 13.1 Å². The summed E-state index contributed by atoms with van der Waals surface area (Å²) >= 11 is 0. The van der Waals surface area contributed by atoms with Gasteiger partial charge in [-0.2, -0.15) is 0 Å². The Balaban J connectivity index is 2.58. The fourth-order valence-electron chi connectivity index (χ4n) is 2.49. The van der Waals surface area contributed by atoms with Crippen molar-refractivity contribution in [1.82, 2.24) is 16.0 Å². The molecule has 1 aromatic rings. The van der Waals surface area contributed by atoms with E-state index in [4.69, 9.17) is 0 Å². The first-order chi connectivity index (χ1) is 11.2. The summed E-state index contributed by atoms with van der Waals surface area (Å²) in [6.07, 6.45) is 1.36. The van der Waals surface area contributed by atoms with E-state index in [0.717, 1.165) is 18.5 Å². The number of hydrogen-bond donors (Lipinski definition) is 4. The maximum Gasteiger partial charge on any atom is 0.220 e. The Morgan fingerprint density at radius 3 is 2.46 bits per heavy atom. The highest BCUT2D eigenvalue weighted by Crippen LogP contribution is 2.22. The molecule has 0 spiro atoms. The zero-order valence-electron chi connectivity index (χ0n) is 15.6. The molecule has 0 bridgehead atoms. The highest BCUT2D eigenvalue weighted by atomic mass is 16.3. The number of para-hydroxylation sites is 1. The lowest BCUT2D eigenvalue weighted by Crippen LogP contribution is -2.42. The van der Waals surface area contributed by atoms with Crippen LogP contribution in [0.1, 0.15) is 59.2 Å². The summed E-state index contributed by atoms with van der Waals surface area (Å²) in [5.74, 6) is 0.540. The van der Waals surface area contributed by atoms with Gasteiger partial charge < -0.3 is 10.4 Å². The van der Waals surface area contributed by atoms with Crippen molar-refractivity contribution in [2.24, 2.45) is 5.92 Å². The van der Waals surface area contributed by atoms with Crippen LogP contribution >= 0.6 is 0 Å². The van der Waals surface area contributed by atoms with Gasteiger partial charge in [-0.3, -0.25) is 15.4 Å². The minimum atomic E-state index is -0.203. The zero-order valence-corrected chi connectivity index (χ0v) is 15.6. The van der Waals surface area contributed by atoms with Gasteiger partial charge in [0.1, 0.15) is 5.75 Å². The number of amides is 1. The third-order valence-corrected chi connectivity index (χ3v) is 3.56. The predicted molar refractivity (Wildman–Crippen MR) is 98.8 cm³/mol. The molecule has 0 aliphatic heterocycles. The lowest BCUT2D eigenvalue weighted by molar-refractivity contribution is -0.123. The summed E-state index contributed by atoms with van der Waals surface area (Å²) < 4.78 is 0. The monoisotopic (exact) mass is 335 g/mol. The smallest absolute Gasteiger partial charge is 0.220 e. The largest absolute Gasteiger partial charge is 0.508 e. The van der Waals surface area contributed by atoms with Gasteiger partial charge in [-0.1, -0.05) is 32.0 Å². The van der Waals surface area contributed by atoms with Crippen molar-refractivity contribution in [3.05, 3.63) is 29.8 Å². The van der Waals surface area contributed by atoms with Gasteiger partial charge in [0.25, 0.3) is 0 Å². The average Bonchev–Trinajstić information content (AvgIpc) is 2.46. The molecule has 0 heterocycles. The molecule has 5 nitrogen and oxygen atoms in total. The lowest BCUT2D eigenvalue weighted by atomic mass is 10.0. The van der Waals surface area contributed by atoms with Crippen LogP contribution in [-0.4, -0.2) is 29.6 Å². The van der Waals surface area contributed by atoms with Gasteiger partial charge in [0, 0.05) is 17.5 Å². The molecule has 1 rings (SSSR count). The molecule has 0 aliphatic rings. The van der Waals surface area contributed by atoms with Crippen molar-refractivity contribution in [2.45, 2.75) is 59.2 Å². The number of aromatic hydroxyl groups is 1. The molecule has 1 aromatic carbocycles. The summed E-state index contributed by atoms with van der Waals surface area (Å²) in [6.45, 7) is 11.6. The average molecular weight is 335 g/mol. The van der Waals surface area contributed by atoms with Gasteiger partial charge in [-0.15, -0.1) is 0 Å². The molecular weight excluding hydrogens is 302 g/mol. The Morgan fingerprint density at radius 1 is 1.21 bits per heavy atom. The molecular formula is C19H33N3O2. The number of carbonyl (C=O) groups is 1. The standard InChI is InChI=1S/C19H33N3O2/c1-6-11-20-18(15-9-7-8-10-16(15)23)21-13-14(2)12-17(24)22-19(3,4)5/h7-10,14,18,20-21,23H,6,11-13H2,1-5H3,(H,22,24)/t14-,18?/m0/s1. The Bertz CT molecular complexity index is 512. The van der Waals surface area contributed by atoms with E-state index in [1.54, 1.807) is 6.07 Å². The third-order valence-electron chi connectivity index (χ3n) is 3.56. The van der Waals surface area contributed by atoms with Crippen LogP contribution in [0.25, 0.3) is 0 Å². The number of benzene rings is 1. The highest BCUT2D eigenvalue weighted by molar-refractivity contribution is 5.76. The van der Waals surface area contributed by atoms with E-state index in [-0.39, 0.29) is 29.3 Å². The number of phenolic OH excluding ortho intramolecular Hbond substituents is 1. The molecule has 0 aliphatic carbocycles. The minimum absolute atomic E-state index is 0.0671. The fraction of sp³-hybridized carbons (Fsp3) is 0.632. The first-order valence-corrected chi connectivity index (χ1v) is 8.78. The number of rotatable bonds is 9. The molecule has 0 saturated heterocycles. The highest BCUT2D eigenvalue weighted by Gasteiger charge is 2.18. The number of hydrogen-bond acceptors (Lipinski definition) is 4. The van der Waals surface area contributed by atoms with Crippen molar-refractivity contribution in [3.8, 4) is 5.75 Å². The Labute approximate surface area is 146 Å². The number of phenols is 1. The second-order valence-electron chi connectivity index (χ2n) is 7.46. The van der Waals surface area contributed by atoms with Crippen LogP contribution in [0.5, 0.6) is 5.75 Å². The van der Waals surface area contributed by atoms with Gasteiger partial charge in [0.15, 0.2) is 0 Å². The number of nitrogens with one attached hydrogen (secondary N) is 3. The van der Waals surface area contributed by atoms with E-state index in [1.807, 2.05) is 39.0 Å². The summed E-state index contributed by atoms with van der Waals surface area (Å²) in [5.41, 5.74) is 0.628. The van der Waals surface area contributed by atoms with E-state index in [0.29, 0.717) is 13.0 Å². The van der Waals surface area contributed by atoms with Crippen molar-refractivity contribution in [3.63, 3.8) is 0 Å². The molecule has 0 aromatic heterocycles. The van der Waals surface area contributed by atoms with Gasteiger partial charge in [-0.05, 0) is 52.3 Å². The topological polar surface area (TPSA) is 73.4 Å². The van der Waals surface area contributed by atoms with Crippen LogP contribution < -0.4 is 16.0 Å². The van der Waals surface area contributed by atoms with E-state index in [2.05, 4.69) is 29.8 Å². The molecule has 5 heteroatoms. The van der Waals surface area contributed by atoms with Gasteiger partial charge >= 0.3 is 0 Å². The summed E-state index contributed by atoms with van der Waals surface area (Å²) in [4.78, 5) is 12.0. The van der Waals surface area contributed by atoms with Crippen molar-refractivity contribution < 1.29 is 9.90 Å². The summed E-state index contributed by atoms with van der Waals surface area (Å²) in [6, 6.07) is 7.33. The van der Waals surface area contributed by atoms with E-state index < -0.39 is 0 Å². The molecule has 0 radical (unpaired) electrons. The maximum atomic E-state index is 12.0. The van der Waals surface area contributed by atoms with Crippen LogP contribution in [-0.2, 0) is 4.79 Å². The Hall–Kier alpha value is -1.59. The SMILES string of the molecule is CCCNC(NC[C@@H](C)CC(=O)NC(C)(C)C)c1ccccc1O. The number of carbonyl (C=O) groups excluding carboxylic acids is 1. The first kappa shape index (κ1) is 20.5. The van der Waals surface area contributed by atoms with Crippen LogP contribution in [0.15, 0.2) is 24.3 Å². The molecule has 136 valence electrons. The lowest BCUT2D eigenvalue weighted by Gasteiger charge is -2.25. The second-order valence-corrected chi connectivity index (χ2v) is 7.46. The Kier molecular flexibility index (Phi) is 8.22. The zero-order chi connectivity index (χ0) is 18.2. The van der Waals surface area contributed by atoms with Crippen molar-refractivity contribution >= 4 is 5.91 Å². The van der Waals surface area contributed by atoms with E-state index in [1.165, 1.54) is 0 Å². The Morgan fingerprint density at radius 2 is 1.88 bits per heavy atom. The van der Waals surface area contributed by atoms with Crippen molar-refractivity contribution in [1.29, 1.82) is 0 Å². The second kappa shape index (κ2) is 9.64. The van der Waals surface area contributed by atoms with E-state index >= 15 is 0 Å². The third kappa shape index (κ3) is 7.79. The predicted octanol–water partition coefficient (Wildman–Crippen LogP) is 2.92. The van der Waals surface area contributed by atoms with Crippen LogP contribution in [0.2, 0.25) is 0 Å². The summed E-state index contributed by atoms with van der Waals surface area (Å²) in [5, 5.41) is 19.9. The molecule has 0 fully saturated rings.